The van der Waals surface area contributed by atoms with Gasteiger partial charge in [0.2, 0.25) is 5.13 Å². The number of hydrogen-bond acceptors (Lipinski definition) is 5. The van der Waals surface area contributed by atoms with E-state index >= 15 is 0 Å². The Morgan fingerprint density at radius 3 is 2.60 bits per heavy atom. The second kappa shape index (κ2) is 8.46. The van der Waals surface area contributed by atoms with Gasteiger partial charge in [0.05, 0.1) is 31.4 Å². The number of halogens is 2. The van der Waals surface area contributed by atoms with Crippen LogP contribution >= 0.6 is 46.3 Å². The predicted molar refractivity (Wildman–Crippen MR) is 129 cm³/mol. The second-order valence-corrected chi connectivity index (χ2v) is 11.1. The molecule has 0 saturated heterocycles. The van der Waals surface area contributed by atoms with Gasteiger partial charge in [0, 0.05) is 22.6 Å². The van der Waals surface area contributed by atoms with Crippen LogP contribution < -0.4 is 0 Å². The Labute approximate surface area is 194 Å². The molecule has 2 aromatic heterocycles. The van der Waals surface area contributed by atoms with Crippen LogP contribution in [0.1, 0.15) is 37.9 Å². The van der Waals surface area contributed by atoms with Crippen molar-refractivity contribution in [3.05, 3.63) is 45.7 Å². The summed E-state index contributed by atoms with van der Waals surface area (Å²) < 4.78 is 4.87. The van der Waals surface area contributed by atoms with Gasteiger partial charge < -0.3 is 0 Å². The van der Waals surface area contributed by atoms with Gasteiger partial charge in [-0.3, -0.25) is 0 Å². The number of aryl methyl sites for hydroxylation is 1. The van der Waals surface area contributed by atoms with Crippen molar-refractivity contribution in [1.29, 1.82) is 0 Å². The van der Waals surface area contributed by atoms with Crippen LogP contribution in [0.2, 0.25) is 10.0 Å². The van der Waals surface area contributed by atoms with E-state index in [9.17, 15) is 0 Å². The number of nitrogens with zero attached hydrogens (tertiary/aromatic N) is 5. The lowest BCUT2D eigenvalue weighted by Gasteiger charge is -2.05. The molecule has 3 aromatic rings. The molecule has 1 aromatic carbocycles. The molecule has 0 N–H and O–H groups in total. The third-order valence-corrected chi connectivity index (χ3v) is 7.72. The maximum absolute atomic E-state index is 6.27. The molecule has 1 aliphatic rings. The summed E-state index contributed by atoms with van der Waals surface area (Å²) in [6.07, 6.45) is 4.17. The second-order valence-electron chi connectivity index (χ2n) is 7.48. The first-order valence-electron chi connectivity index (χ1n) is 9.55. The average Bonchev–Trinajstić information content (AvgIpc) is 3.34. The van der Waals surface area contributed by atoms with Crippen LogP contribution in [0.4, 0.5) is 0 Å². The van der Waals surface area contributed by atoms with Crippen LogP contribution in [-0.4, -0.2) is 43.7 Å². The molecule has 0 radical (unpaired) electrons. The van der Waals surface area contributed by atoms with E-state index in [0.29, 0.717) is 15.3 Å². The van der Waals surface area contributed by atoms with E-state index in [1.54, 1.807) is 23.1 Å². The van der Waals surface area contributed by atoms with Crippen LogP contribution in [0.25, 0.3) is 16.4 Å². The molecule has 156 valence electrons. The fourth-order valence-electron chi connectivity index (χ4n) is 3.36. The largest absolute Gasteiger partial charge is 0.217 e. The Bertz CT molecular complexity index is 1180. The first kappa shape index (κ1) is 21.6. The van der Waals surface area contributed by atoms with Gasteiger partial charge in [0.1, 0.15) is 5.92 Å². The van der Waals surface area contributed by atoms with Crippen LogP contribution in [0.5, 0.6) is 0 Å². The lowest BCUT2D eigenvalue weighted by Crippen LogP contribution is -2.07. The molecule has 0 spiro atoms. The third-order valence-electron chi connectivity index (χ3n) is 4.72. The minimum absolute atomic E-state index is 0.141. The molecule has 0 fully saturated rings. The number of rotatable bonds is 5. The predicted octanol–water partition coefficient (Wildman–Crippen LogP) is 6.30. The van der Waals surface area contributed by atoms with Gasteiger partial charge in [-0.15, -0.1) is 11.8 Å². The lowest BCUT2D eigenvalue weighted by atomic mass is 9.97. The summed E-state index contributed by atoms with van der Waals surface area (Å²) in [6.45, 7) is 8.42. The first-order chi connectivity index (χ1) is 14.2. The molecule has 0 aliphatic carbocycles. The molecule has 4 rings (SSSR count). The summed E-state index contributed by atoms with van der Waals surface area (Å²) in [7, 11) is 1.95. The molecule has 0 saturated carbocycles. The smallest absolute Gasteiger partial charge is 0.211 e. The highest BCUT2D eigenvalue weighted by Crippen LogP contribution is 2.41. The molecule has 3 heterocycles. The van der Waals surface area contributed by atoms with E-state index in [1.807, 2.05) is 48.5 Å². The van der Waals surface area contributed by atoms with E-state index in [2.05, 4.69) is 31.4 Å². The van der Waals surface area contributed by atoms with Gasteiger partial charge >= 0.3 is 0 Å². The number of thiazole rings is 1. The Hall–Kier alpha value is -1.67. The number of benzene rings is 1. The van der Waals surface area contributed by atoms with Crippen LogP contribution in [0.15, 0.2) is 33.7 Å². The normalized spacial score (nSPS) is 16.3. The van der Waals surface area contributed by atoms with E-state index in [0.717, 1.165) is 37.6 Å². The van der Waals surface area contributed by atoms with Crippen molar-refractivity contribution in [3.63, 3.8) is 0 Å². The number of hydrazone groups is 1. The number of aromatic nitrogens is 3. The molecule has 30 heavy (non-hydrogen) atoms. The van der Waals surface area contributed by atoms with Crippen LogP contribution in [0.3, 0.4) is 0 Å². The molecular weight excluding hydrogens is 457 g/mol. The average molecular weight is 479 g/mol. The van der Waals surface area contributed by atoms with Gasteiger partial charge in [-0.25, -0.2) is 9.67 Å². The molecule has 1 unspecified atom stereocenters. The first-order valence-corrected chi connectivity index (χ1v) is 12.0. The van der Waals surface area contributed by atoms with Gasteiger partial charge in [-0.1, -0.05) is 59.1 Å². The molecule has 1 atom stereocenters. The highest BCUT2D eigenvalue weighted by atomic mass is 35.5. The fourth-order valence-corrected chi connectivity index (χ4v) is 6.11. The number of thioether (sulfide) groups is 1. The Morgan fingerprint density at radius 1 is 1.20 bits per heavy atom. The quantitative estimate of drug-likeness (QED) is 0.319. The van der Waals surface area contributed by atoms with E-state index in [4.69, 9.17) is 33.3 Å². The summed E-state index contributed by atoms with van der Waals surface area (Å²) >= 11 is 15.8. The lowest BCUT2D eigenvalue weighted by molar-refractivity contribution is -0.495. The number of hydrogen-bond donors (Lipinski definition) is 0. The standard InChI is InChI=1S/C21H22Cl2N5S2/c1-11(2)29-20-19(14-6-7-17(22)18(23)8-14)24-21(30-20)28-10-16(13(4)26-28)15-9-27(5)25-12(15)3/h6-11,15H,1-5H3/q+1. The van der Waals surface area contributed by atoms with Crippen molar-refractivity contribution < 1.29 is 4.68 Å². The van der Waals surface area contributed by atoms with Crippen molar-refractivity contribution in [2.75, 3.05) is 7.05 Å². The van der Waals surface area contributed by atoms with Gasteiger partial charge in [0.25, 0.3) is 0 Å². The Kier molecular flexibility index (Phi) is 6.08. The van der Waals surface area contributed by atoms with E-state index in [-0.39, 0.29) is 5.92 Å². The molecule has 9 heteroatoms. The van der Waals surface area contributed by atoms with Crippen molar-refractivity contribution >= 4 is 58.2 Å². The highest BCUT2D eigenvalue weighted by molar-refractivity contribution is 8.01. The van der Waals surface area contributed by atoms with E-state index < -0.39 is 0 Å². The summed E-state index contributed by atoms with van der Waals surface area (Å²) in [5.41, 5.74) is 5.04. The summed E-state index contributed by atoms with van der Waals surface area (Å²) in [6, 6.07) is 5.64. The van der Waals surface area contributed by atoms with Crippen LogP contribution in [0, 0.1) is 6.92 Å². The van der Waals surface area contributed by atoms with Gasteiger partial charge in [-0.05, 0) is 31.1 Å². The fraction of sp³-hybridized carbons (Fsp3) is 0.333. The summed E-state index contributed by atoms with van der Waals surface area (Å²) in [5, 5.41) is 11.6. The van der Waals surface area contributed by atoms with Crippen molar-refractivity contribution in [2.24, 2.45) is 5.10 Å². The Balaban J connectivity index is 1.77. The minimum atomic E-state index is 0.141. The Morgan fingerprint density at radius 2 is 1.97 bits per heavy atom. The summed E-state index contributed by atoms with van der Waals surface area (Å²) in [5.74, 6) is 0.141. The molecular formula is C21H22Cl2N5S2+. The zero-order chi connectivity index (χ0) is 21.6. The molecule has 0 amide bonds. The molecule has 1 aliphatic heterocycles. The molecule has 0 bridgehead atoms. The van der Waals surface area contributed by atoms with Gasteiger partial charge in [-0.2, -0.15) is 5.10 Å². The summed E-state index contributed by atoms with van der Waals surface area (Å²) in [4.78, 5) is 4.94. The maximum Gasteiger partial charge on any atom is 0.211 e. The minimum Gasteiger partial charge on any atom is -0.217 e. The van der Waals surface area contributed by atoms with Crippen molar-refractivity contribution in [1.82, 2.24) is 14.8 Å². The monoisotopic (exact) mass is 478 g/mol. The van der Waals surface area contributed by atoms with Crippen molar-refractivity contribution in [2.45, 2.75) is 43.1 Å². The topological polar surface area (TPSA) is 46.1 Å². The van der Waals surface area contributed by atoms with Gasteiger partial charge in [0.15, 0.2) is 13.3 Å². The zero-order valence-electron chi connectivity index (χ0n) is 17.3. The SMILES string of the molecule is CC1=N[N+](C)=CC1c1cn(-c2nc(-c3ccc(Cl)c(Cl)c3)c(SC(C)C)s2)nc1C. The highest BCUT2D eigenvalue weighted by Gasteiger charge is 2.28. The van der Waals surface area contributed by atoms with Crippen LogP contribution in [-0.2, 0) is 0 Å². The third kappa shape index (κ3) is 4.21. The van der Waals surface area contributed by atoms with E-state index in [1.165, 1.54) is 0 Å². The zero-order valence-corrected chi connectivity index (χ0v) is 20.5. The van der Waals surface area contributed by atoms with Crippen molar-refractivity contribution in [3.8, 4) is 16.4 Å². The molecule has 5 nitrogen and oxygen atoms in total. The maximum atomic E-state index is 6.27.